The molecule has 2 N–H and O–H groups in total. The Morgan fingerprint density at radius 2 is 1.96 bits per heavy atom. The van der Waals surface area contributed by atoms with Gasteiger partial charge in [-0.1, -0.05) is 6.07 Å². The summed E-state index contributed by atoms with van der Waals surface area (Å²) in [5.74, 6) is 3.59. The van der Waals surface area contributed by atoms with Crippen molar-refractivity contribution in [2.24, 2.45) is 5.73 Å². The Kier molecular flexibility index (Phi) is 4.00. The highest BCUT2D eigenvalue weighted by Gasteiger charge is 2.37. The van der Waals surface area contributed by atoms with Crippen LogP contribution in [-0.4, -0.2) is 20.8 Å². The molecule has 0 unspecified atom stereocenters. The topological polar surface area (TPSA) is 66.0 Å². The van der Waals surface area contributed by atoms with Gasteiger partial charge in [0.2, 0.25) is 0 Å². The Hall–Kier alpha value is -1.88. The fourth-order valence-corrected chi connectivity index (χ4v) is 4.61. The fraction of sp³-hybridized carbons (Fsp3) is 0.619. The summed E-state index contributed by atoms with van der Waals surface area (Å²) in [5.41, 5.74) is 10.3. The van der Waals surface area contributed by atoms with Gasteiger partial charge in [-0.25, -0.2) is 0 Å². The van der Waals surface area contributed by atoms with E-state index in [0.717, 1.165) is 30.2 Å². The van der Waals surface area contributed by atoms with Gasteiger partial charge in [0.25, 0.3) is 0 Å². The fourth-order valence-electron chi connectivity index (χ4n) is 4.61. The van der Waals surface area contributed by atoms with Crippen molar-refractivity contribution in [1.29, 1.82) is 0 Å². The zero-order valence-electron chi connectivity index (χ0n) is 15.6. The number of hydrogen-bond acceptors (Lipinski definition) is 4. The maximum absolute atomic E-state index is 6.23. The molecule has 0 radical (unpaired) electrons. The number of nitrogens with two attached hydrogens (primary N) is 1. The first-order valence-electron chi connectivity index (χ1n) is 10.1. The smallest absolute Gasteiger partial charge is 0.171 e. The highest BCUT2D eigenvalue weighted by Crippen LogP contribution is 2.42. The van der Waals surface area contributed by atoms with E-state index in [4.69, 9.17) is 10.5 Å². The molecule has 2 fully saturated rings. The number of benzene rings is 1. The molecular weight excluding hydrogens is 324 g/mol. The van der Waals surface area contributed by atoms with E-state index >= 15 is 0 Å². The van der Waals surface area contributed by atoms with Crippen LogP contribution < -0.4 is 10.5 Å². The lowest BCUT2D eigenvalue weighted by atomic mass is 9.80. The Bertz CT molecular complexity index is 818. The van der Waals surface area contributed by atoms with Gasteiger partial charge in [0.05, 0.1) is 0 Å². The summed E-state index contributed by atoms with van der Waals surface area (Å²) in [4.78, 5) is 0. The van der Waals surface area contributed by atoms with Crippen molar-refractivity contribution in [2.45, 2.75) is 82.9 Å². The lowest BCUT2D eigenvalue weighted by Gasteiger charge is -2.31. The Morgan fingerprint density at radius 3 is 2.73 bits per heavy atom. The van der Waals surface area contributed by atoms with Gasteiger partial charge < -0.3 is 15.0 Å². The summed E-state index contributed by atoms with van der Waals surface area (Å²) in [6.07, 6.45) is 9.53. The van der Waals surface area contributed by atoms with Crippen LogP contribution in [0.3, 0.4) is 0 Å². The summed E-state index contributed by atoms with van der Waals surface area (Å²) >= 11 is 0. The zero-order chi connectivity index (χ0) is 17.7. The van der Waals surface area contributed by atoms with Gasteiger partial charge in [0.15, 0.2) is 5.82 Å². The van der Waals surface area contributed by atoms with E-state index in [-0.39, 0.29) is 0 Å². The largest absolute Gasteiger partial charge is 0.485 e. The molecule has 0 aliphatic heterocycles. The molecule has 5 heteroatoms. The normalized spacial score (nSPS) is 24.8. The quantitative estimate of drug-likeness (QED) is 0.893. The molecule has 0 spiro atoms. The Morgan fingerprint density at radius 1 is 1.15 bits per heavy atom. The predicted octanol–water partition coefficient (Wildman–Crippen LogP) is 3.58. The lowest BCUT2D eigenvalue weighted by molar-refractivity contribution is 0.282. The molecule has 3 aliphatic rings. The lowest BCUT2D eigenvalue weighted by Crippen LogP contribution is -2.36. The van der Waals surface area contributed by atoms with Crippen molar-refractivity contribution in [2.75, 3.05) is 0 Å². The first kappa shape index (κ1) is 16.3. The predicted molar refractivity (Wildman–Crippen MR) is 100 cm³/mol. The zero-order valence-corrected chi connectivity index (χ0v) is 15.6. The second kappa shape index (κ2) is 6.38. The van der Waals surface area contributed by atoms with E-state index in [0.29, 0.717) is 24.6 Å². The summed E-state index contributed by atoms with van der Waals surface area (Å²) in [6, 6.07) is 5.30. The van der Waals surface area contributed by atoms with Gasteiger partial charge in [-0.05, 0) is 81.0 Å². The first-order valence-corrected chi connectivity index (χ1v) is 10.1. The standard InChI is InChI=1S/C21H28N4O/c1-13-18-5-3-2-4-14(18)6-9-19(13)26-12-20-23-24-21(15-10-16(22)11-15)25(20)17-7-8-17/h6,9,15-17H,2-5,7-8,10-12,22H2,1H3. The minimum absolute atomic E-state index is 0.335. The van der Waals surface area contributed by atoms with Crippen LogP contribution in [0.15, 0.2) is 12.1 Å². The monoisotopic (exact) mass is 352 g/mol. The van der Waals surface area contributed by atoms with Crippen molar-refractivity contribution in [3.8, 4) is 5.75 Å². The van der Waals surface area contributed by atoms with Crippen LogP contribution in [0.25, 0.3) is 0 Å². The Labute approximate surface area is 154 Å². The van der Waals surface area contributed by atoms with E-state index in [1.165, 1.54) is 55.2 Å². The van der Waals surface area contributed by atoms with Crippen molar-refractivity contribution in [3.05, 3.63) is 40.5 Å². The van der Waals surface area contributed by atoms with Crippen molar-refractivity contribution in [3.63, 3.8) is 0 Å². The highest BCUT2D eigenvalue weighted by molar-refractivity contribution is 5.45. The molecule has 0 amide bonds. The van der Waals surface area contributed by atoms with Gasteiger partial charge in [0, 0.05) is 18.0 Å². The maximum Gasteiger partial charge on any atom is 0.171 e. The summed E-state index contributed by atoms with van der Waals surface area (Å²) in [7, 11) is 0. The van der Waals surface area contributed by atoms with E-state index in [2.05, 4.69) is 33.8 Å². The molecule has 3 aliphatic carbocycles. The molecule has 26 heavy (non-hydrogen) atoms. The SMILES string of the molecule is Cc1c(OCc2nnc(C3CC(N)C3)n2C2CC2)ccc2c1CCCC2. The van der Waals surface area contributed by atoms with Crippen LogP contribution in [0, 0.1) is 6.92 Å². The average molecular weight is 352 g/mol. The number of fused-ring (bicyclic) bond motifs is 1. The third-order valence-corrected chi connectivity index (χ3v) is 6.37. The van der Waals surface area contributed by atoms with Crippen molar-refractivity contribution < 1.29 is 4.74 Å². The van der Waals surface area contributed by atoms with Crippen LogP contribution in [0.2, 0.25) is 0 Å². The molecule has 5 rings (SSSR count). The summed E-state index contributed by atoms with van der Waals surface area (Å²) < 4.78 is 8.58. The molecular formula is C21H28N4O. The minimum atomic E-state index is 0.335. The second-order valence-electron chi connectivity index (χ2n) is 8.33. The Balaban J connectivity index is 1.36. The third-order valence-electron chi connectivity index (χ3n) is 6.37. The first-order chi connectivity index (χ1) is 12.7. The molecule has 1 aromatic heterocycles. The molecule has 0 saturated heterocycles. The van der Waals surface area contributed by atoms with Crippen LogP contribution in [0.5, 0.6) is 5.75 Å². The summed E-state index contributed by atoms with van der Waals surface area (Å²) in [5, 5.41) is 9.00. The molecule has 2 aromatic rings. The van der Waals surface area contributed by atoms with E-state index in [9.17, 15) is 0 Å². The molecule has 0 atom stereocenters. The van der Waals surface area contributed by atoms with Gasteiger partial charge in [-0.15, -0.1) is 10.2 Å². The van der Waals surface area contributed by atoms with Gasteiger partial charge in [-0.3, -0.25) is 0 Å². The molecule has 2 saturated carbocycles. The van der Waals surface area contributed by atoms with Crippen LogP contribution >= 0.6 is 0 Å². The number of aromatic nitrogens is 3. The molecule has 0 bridgehead atoms. The molecule has 1 aromatic carbocycles. The number of hydrogen-bond donors (Lipinski definition) is 1. The number of nitrogens with zero attached hydrogens (tertiary/aromatic N) is 3. The van der Waals surface area contributed by atoms with Crippen LogP contribution in [-0.2, 0) is 19.4 Å². The van der Waals surface area contributed by atoms with Crippen LogP contribution in [0.4, 0.5) is 0 Å². The highest BCUT2D eigenvalue weighted by atomic mass is 16.5. The van der Waals surface area contributed by atoms with E-state index in [1.807, 2.05) is 0 Å². The van der Waals surface area contributed by atoms with Gasteiger partial charge >= 0.3 is 0 Å². The molecule has 1 heterocycles. The number of rotatable bonds is 5. The summed E-state index contributed by atoms with van der Waals surface area (Å²) in [6.45, 7) is 2.70. The average Bonchev–Trinajstić information content (AvgIpc) is 3.39. The molecule has 138 valence electrons. The van der Waals surface area contributed by atoms with Gasteiger partial charge in [0.1, 0.15) is 18.2 Å². The molecule has 5 nitrogen and oxygen atoms in total. The second-order valence-corrected chi connectivity index (χ2v) is 8.33. The number of aryl methyl sites for hydroxylation is 1. The van der Waals surface area contributed by atoms with E-state index < -0.39 is 0 Å². The van der Waals surface area contributed by atoms with Crippen molar-refractivity contribution >= 4 is 0 Å². The third kappa shape index (κ3) is 2.82. The van der Waals surface area contributed by atoms with Crippen molar-refractivity contribution in [1.82, 2.24) is 14.8 Å². The van der Waals surface area contributed by atoms with Gasteiger partial charge in [-0.2, -0.15) is 0 Å². The minimum Gasteiger partial charge on any atom is -0.485 e. The maximum atomic E-state index is 6.23. The van der Waals surface area contributed by atoms with E-state index in [1.54, 1.807) is 0 Å². The number of ether oxygens (including phenoxy) is 1. The van der Waals surface area contributed by atoms with Crippen LogP contribution in [0.1, 0.15) is 78.8 Å².